The molecule has 0 radical (unpaired) electrons. The number of carbonyl (C=O) groups excluding carboxylic acids is 1. The number of nitrogens with zero attached hydrogens (tertiary/aromatic N) is 1. The number of amides is 1. The smallest absolute Gasteiger partial charge is 0.385 e. The van der Waals surface area contributed by atoms with Crippen molar-refractivity contribution in [3.63, 3.8) is 0 Å². The standard InChI is InChI=1S/C13H17IN2O2/c14-18-13(17)16-8-4-5-11(10-16)9-15-12-6-2-1-3-7-12/h1-3,6-7,11,15H,4-5,8-10H2/t11-/m0/s1. The molecule has 0 saturated carbocycles. The van der Waals surface area contributed by atoms with E-state index in [1.54, 1.807) is 27.9 Å². The number of piperidine rings is 1. The minimum atomic E-state index is -0.222. The monoisotopic (exact) mass is 360 g/mol. The Kier molecular flexibility index (Phi) is 5.10. The Bertz CT molecular complexity index is 386. The van der Waals surface area contributed by atoms with Crippen LogP contribution in [-0.2, 0) is 3.07 Å². The summed E-state index contributed by atoms with van der Waals surface area (Å²) in [4.78, 5) is 13.2. The topological polar surface area (TPSA) is 41.6 Å². The third-order valence-corrected chi connectivity index (χ3v) is 3.59. The van der Waals surface area contributed by atoms with Crippen molar-refractivity contribution in [2.24, 2.45) is 5.92 Å². The number of nitrogens with one attached hydrogen (secondary N) is 1. The lowest BCUT2D eigenvalue weighted by Gasteiger charge is -2.31. The average Bonchev–Trinajstić information content (AvgIpc) is 2.45. The first-order valence-corrected chi connectivity index (χ1v) is 7.04. The molecule has 1 saturated heterocycles. The summed E-state index contributed by atoms with van der Waals surface area (Å²) in [5.41, 5.74) is 1.13. The molecular formula is C13H17IN2O2. The van der Waals surface area contributed by atoms with Crippen LogP contribution in [0.2, 0.25) is 0 Å². The van der Waals surface area contributed by atoms with E-state index in [9.17, 15) is 4.79 Å². The first-order valence-electron chi connectivity index (χ1n) is 6.16. The van der Waals surface area contributed by atoms with E-state index in [1.165, 1.54) is 0 Å². The fourth-order valence-electron chi connectivity index (χ4n) is 2.26. The highest BCUT2D eigenvalue weighted by atomic mass is 127. The van der Waals surface area contributed by atoms with E-state index in [0.717, 1.165) is 38.2 Å². The van der Waals surface area contributed by atoms with Gasteiger partial charge in [0.1, 0.15) is 0 Å². The van der Waals surface area contributed by atoms with E-state index in [-0.39, 0.29) is 6.09 Å². The van der Waals surface area contributed by atoms with Gasteiger partial charge in [-0.1, -0.05) is 18.2 Å². The number of para-hydroxylation sites is 1. The third kappa shape index (κ3) is 3.76. The predicted octanol–water partition coefficient (Wildman–Crippen LogP) is 3.30. The lowest BCUT2D eigenvalue weighted by atomic mass is 9.98. The van der Waals surface area contributed by atoms with E-state index >= 15 is 0 Å². The molecule has 18 heavy (non-hydrogen) atoms. The maximum absolute atomic E-state index is 11.5. The molecule has 2 rings (SSSR count). The van der Waals surface area contributed by atoms with E-state index in [1.807, 2.05) is 18.2 Å². The number of likely N-dealkylation sites (tertiary alicyclic amines) is 1. The van der Waals surface area contributed by atoms with E-state index < -0.39 is 0 Å². The van der Waals surface area contributed by atoms with Crippen LogP contribution >= 0.6 is 23.0 Å². The molecule has 0 bridgehead atoms. The number of carbonyl (C=O) groups is 1. The summed E-state index contributed by atoms with van der Waals surface area (Å²) in [5.74, 6) is 0.495. The molecule has 1 amide bonds. The van der Waals surface area contributed by atoms with Crippen LogP contribution in [0.5, 0.6) is 0 Å². The second-order valence-corrected chi connectivity index (χ2v) is 4.98. The summed E-state index contributed by atoms with van der Waals surface area (Å²) in [6, 6.07) is 10.1. The number of benzene rings is 1. The molecule has 1 N–H and O–H groups in total. The van der Waals surface area contributed by atoms with Gasteiger partial charge in [-0.2, -0.15) is 0 Å². The predicted molar refractivity (Wildman–Crippen MR) is 79.7 cm³/mol. The van der Waals surface area contributed by atoms with Gasteiger partial charge in [-0.05, 0) is 30.9 Å². The Morgan fingerprint density at radius 2 is 2.22 bits per heavy atom. The minimum absolute atomic E-state index is 0.222. The van der Waals surface area contributed by atoms with Gasteiger partial charge in [-0.25, -0.2) is 4.79 Å². The number of hydrogen-bond acceptors (Lipinski definition) is 3. The molecule has 1 aromatic carbocycles. The molecule has 4 nitrogen and oxygen atoms in total. The van der Waals surface area contributed by atoms with E-state index in [4.69, 9.17) is 3.07 Å². The molecule has 0 aliphatic carbocycles. The molecule has 98 valence electrons. The van der Waals surface area contributed by atoms with Gasteiger partial charge in [0.25, 0.3) is 0 Å². The van der Waals surface area contributed by atoms with Crippen molar-refractivity contribution in [2.45, 2.75) is 12.8 Å². The van der Waals surface area contributed by atoms with Gasteiger partial charge < -0.3 is 13.3 Å². The van der Waals surface area contributed by atoms with Crippen molar-refractivity contribution in [2.75, 3.05) is 25.0 Å². The molecule has 0 aromatic heterocycles. The van der Waals surface area contributed by atoms with Crippen LogP contribution in [0, 0.1) is 5.92 Å². The zero-order valence-corrected chi connectivity index (χ0v) is 12.3. The first-order chi connectivity index (χ1) is 8.79. The highest BCUT2D eigenvalue weighted by Gasteiger charge is 2.24. The number of halogens is 1. The van der Waals surface area contributed by atoms with Crippen molar-refractivity contribution < 1.29 is 7.86 Å². The Morgan fingerprint density at radius 1 is 1.44 bits per heavy atom. The summed E-state index contributed by atoms with van der Waals surface area (Å²) in [6.07, 6.45) is 1.98. The molecular weight excluding hydrogens is 343 g/mol. The summed E-state index contributed by atoms with van der Waals surface area (Å²) in [6.45, 7) is 2.49. The Labute approximate surface area is 121 Å². The molecule has 1 aromatic rings. The van der Waals surface area contributed by atoms with Crippen LogP contribution in [0.4, 0.5) is 10.5 Å². The van der Waals surface area contributed by atoms with Crippen molar-refractivity contribution in [1.82, 2.24) is 4.90 Å². The zero-order valence-electron chi connectivity index (χ0n) is 10.1. The van der Waals surface area contributed by atoms with Crippen molar-refractivity contribution in [3.05, 3.63) is 30.3 Å². The molecule has 1 heterocycles. The number of anilines is 1. The van der Waals surface area contributed by atoms with Gasteiger partial charge >= 0.3 is 6.09 Å². The minimum Gasteiger partial charge on any atom is -0.385 e. The van der Waals surface area contributed by atoms with Gasteiger partial charge in [0.05, 0.1) is 0 Å². The largest absolute Gasteiger partial charge is 0.419 e. The quantitative estimate of drug-likeness (QED) is 0.842. The SMILES string of the molecule is O=C(OI)N1CCC[C@@H](CNc2ccccc2)C1. The Balaban J connectivity index is 1.81. The van der Waals surface area contributed by atoms with Crippen LogP contribution in [0.3, 0.4) is 0 Å². The molecule has 1 aliphatic heterocycles. The molecule has 0 spiro atoms. The molecule has 1 atom stereocenters. The summed E-state index contributed by atoms with van der Waals surface area (Å²) in [5, 5.41) is 3.41. The second kappa shape index (κ2) is 6.82. The van der Waals surface area contributed by atoms with E-state index in [0.29, 0.717) is 5.92 Å². The Morgan fingerprint density at radius 3 is 2.94 bits per heavy atom. The highest BCUT2D eigenvalue weighted by molar-refractivity contribution is 14.1. The fourth-order valence-corrected chi connectivity index (χ4v) is 2.54. The number of rotatable bonds is 3. The normalized spacial score (nSPS) is 19.4. The van der Waals surface area contributed by atoms with Crippen molar-refractivity contribution >= 4 is 34.8 Å². The number of hydrogen-bond donors (Lipinski definition) is 1. The second-order valence-electron chi connectivity index (χ2n) is 4.54. The lowest BCUT2D eigenvalue weighted by Crippen LogP contribution is -2.41. The summed E-state index contributed by atoms with van der Waals surface area (Å²) < 4.78 is 4.74. The zero-order chi connectivity index (χ0) is 12.8. The van der Waals surface area contributed by atoms with Gasteiger partial charge in [0, 0.05) is 25.3 Å². The van der Waals surface area contributed by atoms with Crippen LogP contribution < -0.4 is 5.32 Å². The van der Waals surface area contributed by atoms with E-state index in [2.05, 4.69) is 17.4 Å². The van der Waals surface area contributed by atoms with Gasteiger partial charge in [0.2, 0.25) is 0 Å². The van der Waals surface area contributed by atoms with Crippen LogP contribution in [-0.4, -0.2) is 30.6 Å². The van der Waals surface area contributed by atoms with Crippen molar-refractivity contribution in [3.8, 4) is 0 Å². The fraction of sp³-hybridized carbons (Fsp3) is 0.462. The highest BCUT2D eigenvalue weighted by Crippen LogP contribution is 2.18. The van der Waals surface area contributed by atoms with Gasteiger partial charge in [0.15, 0.2) is 23.0 Å². The summed E-state index contributed by atoms with van der Waals surface area (Å²) >= 11 is 1.65. The first kappa shape index (κ1) is 13.5. The molecule has 0 unspecified atom stereocenters. The summed E-state index contributed by atoms with van der Waals surface area (Å²) in [7, 11) is 0. The maximum Gasteiger partial charge on any atom is 0.419 e. The molecule has 1 fully saturated rings. The van der Waals surface area contributed by atoms with Gasteiger partial charge in [-0.3, -0.25) is 0 Å². The van der Waals surface area contributed by atoms with Crippen LogP contribution in [0.15, 0.2) is 30.3 Å². The maximum atomic E-state index is 11.5. The van der Waals surface area contributed by atoms with Crippen LogP contribution in [0.1, 0.15) is 12.8 Å². The van der Waals surface area contributed by atoms with Gasteiger partial charge in [-0.15, -0.1) is 0 Å². The van der Waals surface area contributed by atoms with Crippen LogP contribution in [0.25, 0.3) is 0 Å². The lowest BCUT2D eigenvalue weighted by molar-refractivity contribution is 0.141. The molecule has 1 aliphatic rings. The molecule has 5 heteroatoms. The van der Waals surface area contributed by atoms with Crippen molar-refractivity contribution in [1.29, 1.82) is 0 Å². The average molecular weight is 360 g/mol. The third-order valence-electron chi connectivity index (χ3n) is 3.21. The Hall–Kier alpha value is -0.980.